The standard InChI is InChI=1S/C7H13N3OS/c1-8-4-3-6-9-10-7(12-6)5-11-2/h8H,3-5H2,1-2H3. The first-order chi connectivity index (χ1) is 5.86. The van der Waals surface area contributed by atoms with Crippen molar-refractivity contribution >= 4 is 11.3 Å². The van der Waals surface area contributed by atoms with Crippen LogP contribution in [0.25, 0.3) is 0 Å². The molecule has 12 heavy (non-hydrogen) atoms. The Morgan fingerprint density at radius 2 is 2.17 bits per heavy atom. The van der Waals surface area contributed by atoms with Crippen LogP contribution in [0.15, 0.2) is 0 Å². The van der Waals surface area contributed by atoms with Crippen LogP contribution in [0.4, 0.5) is 0 Å². The minimum absolute atomic E-state index is 0.567. The van der Waals surface area contributed by atoms with E-state index in [0.717, 1.165) is 23.0 Å². The summed E-state index contributed by atoms with van der Waals surface area (Å²) in [6, 6.07) is 0. The number of likely N-dealkylation sites (N-methyl/N-ethyl adjacent to an activating group) is 1. The van der Waals surface area contributed by atoms with E-state index in [4.69, 9.17) is 4.74 Å². The average Bonchev–Trinajstić information content (AvgIpc) is 2.50. The lowest BCUT2D eigenvalue weighted by atomic mass is 10.4. The summed E-state index contributed by atoms with van der Waals surface area (Å²) in [7, 11) is 3.59. The Balaban J connectivity index is 2.41. The van der Waals surface area contributed by atoms with Gasteiger partial charge in [-0.05, 0) is 7.05 Å². The van der Waals surface area contributed by atoms with E-state index in [-0.39, 0.29) is 0 Å². The van der Waals surface area contributed by atoms with Crippen LogP contribution in [0.5, 0.6) is 0 Å². The third-order valence-corrected chi connectivity index (χ3v) is 2.32. The molecule has 1 heterocycles. The lowest BCUT2D eigenvalue weighted by molar-refractivity contribution is 0.184. The maximum absolute atomic E-state index is 4.94. The second-order valence-corrected chi connectivity index (χ2v) is 3.52. The summed E-state index contributed by atoms with van der Waals surface area (Å²) in [5.41, 5.74) is 0. The molecular weight excluding hydrogens is 174 g/mol. The summed E-state index contributed by atoms with van der Waals surface area (Å²) in [4.78, 5) is 0. The third-order valence-electron chi connectivity index (χ3n) is 1.37. The van der Waals surface area contributed by atoms with Gasteiger partial charge in [-0.25, -0.2) is 0 Å². The van der Waals surface area contributed by atoms with Gasteiger partial charge >= 0.3 is 0 Å². The molecule has 1 aromatic heterocycles. The molecule has 5 heteroatoms. The van der Waals surface area contributed by atoms with Crippen molar-refractivity contribution in [2.45, 2.75) is 13.0 Å². The van der Waals surface area contributed by atoms with Crippen LogP contribution in [0.2, 0.25) is 0 Å². The number of ether oxygens (including phenoxy) is 1. The first kappa shape index (κ1) is 9.57. The fourth-order valence-electron chi connectivity index (χ4n) is 0.803. The molecule has 0 bridgehead atoms. The van der Waals surface area contributed by atoms with Crippen molar-refractivity contribution < 1.29 is 4.74 Å². The lowest BCUT2D eigenvalue weighted by Crippen LogP contribution is -2.09. The van der Waals surface area contributed by atoms with Gasteiger partial charge in [0.25, 0.3) is 0 Å². The van der Waals surface area contributed by atoms with E-state index in [0.29, 0.717) is 6.61 Å². The average molecular weight is 187 g/mol. The fraction of sp³-hybridized carbons (Fsp3) is 0.714. The summed E-state index contributed by atoms with van der Waals surface area (Å²) in [5.74, 6) is 0. The highest BCUT2D eigenvalue weighted by Crippen LogP contribution is 2.10. The maximum atomic E-state index is 4.94. The van der Waals surface area contributed by atoms with Gasteiger partial charge in [-0.15, -0.1) is 10.2 Å². The number of aromatic nitrogens is 2. The minimum Gasteiger partial charge on any atom is -0.377 e. The molecule has 1 rings (SSSR count). The highest BCUT2D eigenvalue weighted by molar-refractivity contribution is 7.11. The topological polar surface area (TPSA) is 47.0 Å². The van der Waals surface area contributed by atoms with E-state index in [1.807, 2.05) is 7.05 Å². The molecule has 0 spiro atoms. The first-order valence-electron chi connectivity index (χ1n) is 3.81. The van der Waals surface area contributed by atoms with Gasteiger partial charge in [-0.2, -0.15) is 0 Å². The van der Waals surface area contributed by atoms with Gasteiger partial charge < -0.3 is 10.1 Å². The van der Waals surface area contributed by atoms with Crippen LogP contribution < -0.4 is 5.32 Å². The zero-order valence-corrected chi connectivity index (χ0v) is 8.15. The molecule has 68 valence electrons. The predicted octanol–water partition coefficient (Wildman–Crippen LogP) is 0.446. The Labute approximate surface area is 76.0 Å². The molecule has 4 nitrogen and oxygen atoms in total. The van der Waals surface area contributed by atoms with Crippen molar-refractivity contribution in [1.29, 1.82) is 0 Å². The molecule has 0 radical (unpaired) electrons. The van der Waals surface area contributed by atoms with E-state index in [1.54, 1.807) is 18.4 Å². The molecule has 0 saturated carbocycles. The Kier molecular flexibility index (Phi) is 4.13. The summed E-state index contributed by atoms with van der Waals surface area (Å²) in [5, 5.41) is 13.1. The third kappa shape index (κ3) is 2.84. The van der Waals surface area contributed by atoms with Crippen LogP contribution in [-0.2, 0) is 17.8 Å². The number of rotatable bonds is 5. The molecule has 1 N–H and O–H groups in total. The van der Waals surface area contributed by atoms with Crippen molar-refractivity contribution in [3.8, 4) is 0 Å². The van der Waals surface area contributed by atoms with Crippen molar-refractivity contribution in [1.82, 2.24) is 15.5 Å². The normalized spacial score (nSPS) is 10.5. The number of methoxy groups -OCH3 is 1. The molecule has 0 unspecified atom stereocenters. The van der Waals surface area contributed by atoms with Crippen LogP contribution in [-0.4, -0.2) is 30.9 Å². The molecule has 0 aromatic carbocycles. The molecule has 0 aliphatic heterocycles. The van der Waals surface area contributed by atoms with Crippen LogP contribution in [0, 0.1) is 0 Å². The molecule has 0 atom stereocenters. The Hall–Kier alpha value is -0.520. The van der Waals surface area contributed by atoms with Gasteiger partial charge in [0.2, 0.25) is 0 Å². The van der Waals surface area contributed by atoms with Crippen LogP contribution >= 0.6 is 11.3 Å². The minimum atomic E-state index is 0.567. The molecule has 1 aromatic rings. The molecule has 0 fully saturated rings. The Morgan fingerprint density at radius 1 is 1.42 bits per heavy atom. The summed E-state index contributed by atoms with van der Waals surface area (Å²) >= 11 is 1.61. The van der Waals surface area contributed by atoms with E-state index < -0.39 is 0 Å². The predicted molar refractivity (Wildman–Crippen MR) is 48.3 cm³/mol. The molecule has 0 amide bonds. The van der Waals surface area contributed by atoms with Crippen molar-refractivity contribution in [2.24, 2.45) is 0 Å². The molecule has 0 saturated heterocycles. The highest BCUT2D eigenvalue weighted by Gasteiger charge is 2.01. The maximum Gasteiger partial charge on any atom is 0.143 e. The molecular formula is C7H13N3OS. The fourth-order valence-corrected chi connectivity index (χ4v) is 1.62. The smallest absolute Gasteiger partial charge is 0.143 e. The molecule has 0 aliphatic carbocycles. The second kappa shape index (κ2) is 5.18. The van der Waals surface area contributed by atoms with Gasteiger partial charge in [-0.3, -0.25) is 0 Å². The van der Waals surface area contributed by atoms with Crippen molar-refractivity contribution in [2.75, 3.05) is 20.7 Å². The zero-order valence-electron chi connectivity index (χ0n) is 7.33. The number of nitrogens with one attached hydrogen (secondary N) is 1. The second-order valence-electron chi connectivity index (χ2n) is 2.38. The number of hydrogen-bond donors (Lipinski definition) is 1. The Bertz CT molecular complexity index is 226. The summed E-state index contributed by atoms with van der Waals surface area (Å²) in [6.45, 7) is 1.51. The number of nitrogens with zero attached hydrogens (tertiary/aromatic N) is 2. The summed E-state index contributed by atoms with van der Waals surface area (Å²) in [6.07, 6.45) is 0.942. The van der Waals surface area contributed by atoms with E-state index in [9.17, 15) is 0 Å². The van der Waals surface area contributed by atoms with Crippen molar-refractivity contribution in [3.63, 3.8) is 0 Å². The number of hydrogen-bond acceptors (Lipinski definition) is 5. The lowest BCUT2D eigenvalue weighted by Gasteiger charge is -1.91. The largest absolute Gasteiger partial charge is 0.377 e. The van der Waals surface area contributed by atoms with E-state index >= 15 is 0 Å². The van der Waals surface area contributed by atoms with E-state index in [2.05, 4.69) is 15.5 Å². The van der Waals surface area contributed by atoms with Gasteiger partial charge in [0.05, 0.1) is 6.61 Å². The zero-order chi connectivity index (χ0) is 8.81. The van der Waals surface area contributed by atoms with Gasteiger partial charge in [0.1, 0.15) is 10.0 Å². The van der Waals surface area contributed by atoms with Gasteiger partial charge in [0.15, 0.2) is 0 Å². The molecule has 0 aliphatic rings. The SMILES string of the molecule is CNCCc1nnc(COC)s1. The van der Waals surface area contributed by atoms with Crippen LogP contribution in [0.3, 0.4) is 0 Å². The van der Waals surface area contributed by atoms with E-state index in [1.165, 1.54) is 0 Å². The van der Waals surface area contributed by atoms with Gasteiger partial charge in [-0.1, -0.05) is 11.3 Å². The van der Waals surface area contributed by atoms with Gasteiger partial charge in [0, 0.05) is 20.1 Å². The van der Waals surface area contributed by atoms with Crippen LogP contribution in [0.1, 0.15) is 10.0 Å². The van der Waals surface area contributed by atoms with Crippen molar-refractivity contribution in [3.05, 3.63) is 10.0 Å². The summed E-state index contributed by atoms with van der Waals surface area (Å²) < 4.78 is 4.94. The quantitative estimate of drug-likeness (QED) is 0.727. The monoisotopic (exact) mass is 187 g/mol. The first-order valence-corrected chi connectivity index (χ1v) is 4.63. The highest BCUT2D eigenvalue weighted by atomic mass is 32.1. The Morgan fingerprint density at radius 3 is 2.83 bits per heavy atom.